The van der Waals surface area contributed by atoms with Crippen LogP contribution in [-0.4, -0.2) is 24.7 Å². The number of amides is 1. The highest BCUT2D eigenvalue weighted by Crippen LogP contribution is 2.12. The fourth-order valence-corrected chi connectivity index (χ4v) is 1.00. The van der Waals surface area contributed by atoms with Crippen LogP contribution in [0.1, 0.15) is 34.1 Å². The molecule has 72 valence electrons. The van der Waals surface area contributed by atoms with Gasteiger partial charge in [0.15, 0.2) is 0 Å². The molecule has 0 atom stereocenters. The molecule has 3 nitrogen and oxygen atoms in total. The summed E-state index contributed by atoms with van der Waals surface area (Å²) in [6.45, 7) is 8.94. The number of ether oxygens (including phenoxy) is 1. The van der Waals surface area contributed by atoms with Crippen molar-refractivity contribution in [2.24, 2.45) is 0 Å². The summed E-state index contributed by atoms with van der Waals surface area (Å²) in [4.78, 5) is 10.5. The van der Waals surface area contributed by atoms with Crippen LogP contribution in [0.15, 0.2) is 0 Å². The lowest BCUT2D eigenvalue weighted by Gasteiger charge is -2.24. The Morgan fingerprint density at radius 3 is 2.50 bits per heavy atom. The van der Waals surface area contributed by atoms with Crippen molar-refractivity contribution in [1.29, 1.82) is 0 Å². The zero-order chi connectivity index (χ0) is 9.61. The van der Waals surface area contributed by atoms with Crippen molar-refractivity contribution in [3.8, 4) is 0 Å². The van der Waals surface area contributed by atoms with Crippen LogP contribution >= 0.6 is 0 Å². The molecule has 0 saturated carbocycles. The van der Waals surface area contributed by atoms with Crippen LogP contribution in [-0.2, 0) is 9.53 Å². The van der Waals surface area contributed by atoms with Crippen LogP contribution in [0.2, 0.25) is 0 Å². The molecule has 0 radical (unpaired) electrons. The van der Waals surface area contributed by atoms with Crippen LogP contribution in [0, 0.1) is 0 Å². The topological polar surface area (TPSA) is 38.3 Å². The SMILES string of the molecule is CCOC(C)(C)CCNC(C)=O. The Morgan fingerprint density at radius 2 is 2.08 bits per heavy atom. The van der Waals surface area contributed by atoms with Crippen molar-refractivity contribution in [2.45, 2.75) is 39.7 Å². The second-order valence-electron chi connectivity index (χ2n) is 3.43. The maximum absolute atomic E-state index is 10.5. The Balaban J connectivity index is 3.53. The van der Waals surface area contributed by atoms with Crippen LogP contribution in [0.5, 0.6) is 0 Å². The van der Waals surface area contributed by atoms with Gasteiger partial charge in [-0.2, -0.15) is 0 Å². The van der Waals surface area contributed by atoms with Crippen molar-refractivity contribution >= 4 is 5.91 Å². The molecule has 3 heteroatoms. The van der Waals surface area contributed by atoms with E-state index < -0.39 is 0 Å². The lowest BCUT2D eigenvalue weighted by molar-refractivity contribution is -0.119. The van der Waals surface area contributed by atoms with E-state index in [2.05, 4.69) is 5.32 Å². The van der Waals surface area contributed by atoms with E-state index in [1.165, 1.54) is 6.92 Å². The van der Waals surface area contributed by atoms with Gasteiger partial charge in [0.1, 0.15) is 0 Å². The standard InChI is InChI=1S/C9H19NO2/c1-5-12-9(3,4)6-7-10-8(2)11/h5-7H2,1-4H3,(H,10,11). The van der Waals surface area contributed by atoms with Crippen LogP contribution in [0.25, 0.3) is 0 Å². The predicted molar refractivity (Wildman–Crippen MR) is 49.0 cm³/mol. The maximum atomic E-state index is 10.5. The second-order valence-corrected chi connectivity index (χ2v) is 3.43. The first kappa shape index (κ1) is 11.4. The van der Waals surface area contributed by atoms with Crippen molar-refractivity contribution in [3.05, 3.63) is 0 Å². The van der Waals surface area contributed by atoms with E-state index in [0.29, 0.717) is 13.2 Å². The lowest BCUT2D eigenvalue weighted by atomic mass is 10.1. The summed E-state index contributed by atoms with van der Waals surface area (Å²) in [5, 5.41) is 2.74. The normalized spacial score (nSPS) is 11.3. The first-order valence-corrected chi connectivity index (χ1v) is 4.36. The van der Waals surface area contributed by atoms with Crippen LogP contribution in [0.3, 0.4) is 0 Å². The van der Waals surface area contributed by atoms with Gasteiger partial charge in [-0.1, -0.05) is 0 Å². The highest BCUT2D eigenvalue weighted by atomic mass is 16.5. The first-order chi connectivity index (χ1) is 5.48. The summed E-state index contributed by atoms with van der Waals surface area (Å²) in [7, 11) is 0. The number of carbonyl (C=O) groups excluding carboxylic acids is 1. The molecule has 12 heavy (non-hydrogen) atoms. The van der Waals surface area contributed by atoms with E-state index in [-0.39, 0.29) is 11.5 Å². The summed E-state index contributed by atoms with van der Waals surface area (Å²) >= 11 is 0. The number of nitrogens with one attached hydrogen (secondary N) is 1. The average molecular weight is 173 g/mol. The van der Waals surface area contributed by atoms with Gasteiger partial charge >= 0.3 is 0 Å². The minimum atomic E-state index is -0.128. The summed E-state index contributed by atoms with van der Waals surface area (Å²) in [5.74, 6) is 0.0160. The molecule has 0 fully saturated rings. The van der Waals surface area contributed by atoms with Crippen molar-refractivity contribution in [3.63, 3.8) is 0 Å². The molecular formula is C9H19NO2. The number of hydrogen-bond donors (Lipinski definition) is 1. The molecule has 1 N–H and O–H groups in total. The molecule has 0 aromatic carbocycles. The molecule has 0 aliphatic rings. The van der Waals surface area contributed by atoms with E-state index in [1.807, 2.05) is 20.8 Å². The van der Waals surface area contributed by atoms with Gasteiger partial charge in [-0.05, 0) is 27.2 Å². The number of carbonyl (C=O) groups is 1. The fourth-order valence-electron chi connectivity index (χ4n) is 1.00. The Bertz CT molecular complexity index is 143. The van der Waals surface area contributed by atoms with E-state index >= 15 is 0 Å². The van der Waals surface area contributed by atoms with Crippen LogP contribution < -0.4 is 5.32 Å². The van der Waals surface area contributed by atoms with E-state index in [4.69, 9.17) is 4.74 Å². The highest BCUT2D eigenvalue weighted by Gasteiger charge is 2.16. The summed E-state index contributed by atoms with van der Waals surface area (Å²) in [6, 6.07) is 0. The quantitative estimate of drug-likeness (QED) is 0.681. The van der Waals surface area contributed by atoms with Crippen molar-refractivity contribution in [1.82, 2.24) is 5.32 Å². The van der Waals surface area contributed by atoms with E-state index in [1.54, 1.807) is 0 Å². The maximum Gasteiger partial charge on any atom is 0.216 e. The Labute approximate surface area is 74.5 Å². The summed E-state index contributed by atoms with van der Waals surface area (Å²) < 4.78 is 5.46. The molecule has 0 rings (SSSR count). The summed E-state index contributed by atoms with van der Waals surface area (Å²) in [6.07, 6.45) is 0.848. The van der Waals surface area contributed by atoms with Crippen molar-refractivity contribution in [2.75, 3.05) is 13.2 Å². The molecule has 1 amide bonds. The van der Waals surface area contributed by atoms with Gasteiger partial charge in [-0.25, -0.2) is 0 Å². The largest absolute Gasteiger partial charge is 0.376 e. The molecule has 0 spiro atoms. The third kappa shape index (κ3) is 6.16. The molecule has 0 saturated heterocycles. The molecule has 0 aliphatic heterocycles. The van der Waals surface area contributed by atoms with E-state index in [9.17, 15) is 4.79 Å². The molecule has 0 aromatic rings. The first-order valence-electron chi connectivity index (χ1n) is 4.36. The van der Waals surface area contributed by atoms with Gasteiger partial charge in [-0.3, -0.25) is 4.79 Å². The van der Waals surface area contributed by atoms with Gasteiger partial charge in [0.25, 0.3) is 0 Å². The Morgan fingerprint density at radius 1 is 1.50 bits per heavy atom. The molecule has 0 aromatic heterocycles. The molecule has 0 bridgehead atoms. The smallest absolute Gasteiger partial charge is 0.216 e. The third-order valence-electron chi connectivity index (χ3n) is 1.64. The van der Waals surface area contributed by atoms with Crippen molar-refractivity contribution < 1.29 is 9.53 Å². The molecular weight excluding hydrogens is 154 g/mol. The highest BCUT2D eigenvalue weighted by molar-refractivity contribution is 5.72. The number of rotatable bonds is 5. The van der Waals surface area contributed by atoms with Gasteiger partial charge < -0.3 is 10.1 Å². The Kier molecular flexibility index (Phi) is 4.90. The zero-order valence-electron chi connectivity index (χ0n) is 8.44. The lowest BCUT2D eigenvalue weighted by Crippen LogP contribution is -2.31. The summed E-state index contributed by atoms with van der Waals surface area (Å²) in [5.41, 5.74) is -0.128. The zero-order valence-corrected chi connectivity index (χ0v) is 8.44. The third-order valence-corrected chi connectivity index (χ3v) is 1.64. The van der Waals surface area contributed by atoms with E-state index in [0.717, 1.165) is 6.42 Å². The fraction of sp³-hybridized carbons (Fsp3) is 0.889. The Hall–Kier alpha value is -0.570. The predicted octanol–water partition coefficient (Wildman–Crippen LogP) is 1.33. The average Bonchev–Trinajstić information content (AvgIpc) is 1.85. The second kappa shape index (κ2) is 5.14. The van der Waals surface area contributed by atoms with Gasteiger partial charge in [0, 0.05) is 20.1 Å². The molecule has 0 aliphatic carbocycles. The monoisotopic (exact) mass is 173 g/mol. The number of hydrogen-bond acceptors (Lipinski definition) is 2. The van der Waals surface area contributed by atoms with Gasteiger partial charge in [0.2, 0.25) is 5.91 Å². The minimum absolute atomic E-state index is 0.0160. The molecule has 0 unspecified atom stereocenters. The van der Waals surface area contributed by atoms with Gasteiger partial charge in [-0.15, -0.1) is 0 Å². The van der Waals surface area contributed by atoms with Gasteiger partial charge in [0.05, 0.1) is 5.60 Å². The van der Waals surface area contributed by atoms with Crippen LogP contribution in [0.4, 0.5) is 0 Å². The molecule has 0 heterocycles. The minimum Gasteiger partial charge on any atom is -0.376 e.